The lowest BCUT2D eigenvalue weighted by Crippen LogP contribution is -2.83. The molecule has 3 N–H and O–H groups in total. The van der Waals surface area contributed by atoms with E-state index in [4.69, 9.17) is 23.2 Å². The molecule has 14 heteroatoms. The molecule has 2 fully saturated rings. The number of piperazine rings is 1. The van der Waals surface area contributed by atoms with Gasteiger partial charge < -0.3 is 15.3 Å². The second kappa shape index (κ2) is 10.3. The zero-order valence-electron chi connectivity index (χ0n) is 20.3. The molecular formula is C24H25Cl2FN4O6S. The van der Waals surface area contributed by atoms with Crippen LogP contribution in [0.5, 0.6) is 0 Å². The Morgan fingerprint density at radius 3 is 2.42 bits per heavy atom. The summed E-state index contributed by atoms with van der Waals surface area (Å²) in [5.74, 6) is -1.95. The van der Waals surface area contributed by atoms with Crippen LogP contribution in [0.4, 0.5) is 9.18 Å². The summed E-state index contributed by atoms with van der Waals surface area (Å²) in [7, 11) is -4.56. The van der Waals surface area contributed by atoms with Gasteiger partial charge in [0.25, 0.3) is 0 Å². The van der Waals surface area contributed by atoms with Crippen molar-refractivity contribution in [3.63, 3.8) is 0 Å². The Bertz CT molecular complexity index is 1390. The van der Waals surface area contributed by atoms with E-state index in [0.717, 1.165) is 4.90 Å². The van der Waals surface area contributed by atoms with Crippen LogP contribution in [0.15, 0.2) is 47.4 Å². The molecule has 204 valence electrons. The van der Waals surface area contributed by atoms with Crippen molar-refractivity contribution in [3.05, 3.63) is 63.9 Å². The van der Waals surface area contributed by atoms with Gasteiger partial charge in [0, 0.05) is 24.0 Å². The number of halogens is 3. The highest BCUT2D eigenvalue weighted by Gasteiger charge is 2.63. The fourth-order valence-corrected chi connectivity index (χ4v) is 7.53. The minimum absolute atomic E-state index is 0.152. The Morgan fingerprint density at radius 2 is 1.84 bits per heavy atom. The van der Waals surface area contributed by atoms with Crippen molar-refractivity contribution in [3.8, 4) is 0 Å². The predicted octanol–water partition coefficient (Wildman–Crippen LogP) is 2.49. The van der Waals surface area contributed by atoms with Crippen molar-refractivity contribution in [1.82, 2.24) is 20.4 Å². The Morgan fingerprint density at radius 1 is 1.18 bits per heavy atom. The highest BCUT2D eigenvalue weighted by molar-refractivity contribution is 7.93. The maximum absolute atomic E-state index is 14.4. The van der Waals surface area contributed by atoms with Gasteiger partial charge in [0.1, 0.15) is 17.9 Å². The normalized spacial score (nSPS) is 23.9. The zero-order chi connectivity index (χ0) is 28.0. The predicted molar refractivity (Wildman–Crippen MR) is 137 cm³/mol. The number of hydrogen-bond donors (Lipinski definition) is 3. The van der Waals surface area contributed by atoms with Gasteiger partial charge in [-0.15, -0.1) is 0 Å². The lowest BCUT2D eigenvalue weighted by atomic mass is 9.96. The first-order valence-electron chi connectivity index (χ1n) is 11.6. The number of carboxylic acid groups (broad SMARTS) is 1. The molecule has 2 aliphatic heterocycles. The third-order valence-electron chi connectivity index (χ3n) is 6.66. The Labute approximate surface area is 228 Å². The van der Waals surface area contributed by atoms with Gasteiger partial charge in [-0.2, -0.15) is 0 Å². The van der Waals surface area contributed by atoms with Crippen LogP contribution in [0.2, 0.25) is 10.0 Å². The molecule has 38 heavy (non-hydrogen) atoms. The van der Waals surface area contributed by atoms with Crippen molar-refractivity contribution in [1.29, 1.82) is 0 Å². The van der Waals surface area contributed by atoms with E-state index in [2.05, 4.69) is 10.6 Å². The summed E-state index contributed by atoms with van der Waals surface area (Å²) in [6, 6.07) is 5.84. The molecule has 0 saturated carbocycles. The van der Waals surface area contributed by atoms with E-state index in [9.17, 15) is 32.3 Å². The van der Waals surface area contributed by atoms with Crippen LogP contribution in [-0.2, 0) is 25.8 Å². The molecule has 2 heterocycles. The summed E-state index contributed by atoms with van der Waals surface area (Å²) in [5.41, 5.74) is 0.465. The first-order valence-corrected chi connectivity index (χ1v) is 13.8. The minimum atomic E-state index is -4.56. The highest BCUT2D eigenvalue weighted by atomic mass is 35.5. The van der Waals surface area contributed by atoms with Gasteiger partial charge in [-0.1, -0.05) is 35.3 Å². The van der Waals surface area contributed by atoms with E-state index in [1.54, 1.807) is 13.8 Å². The number of nitrogens with one attached hydrogen (secondary N) is 2. The molecule has 2 aromatic carbocycles. The Hall–Kier alpha value is -2.93. The molecule has 0 aromatic heterocycles. The van der Waals surface area contributed by atoms with Crippen LogP contribution in [0.1, 0.15) is 19.4 Å². The van der Waals surface area contributed by atoms with Crippen LogP contribution in [0, 0.1) is 5.82 Å². The quantitative estimate of drug-likeness (QED) is 0.473. The van der Waals surface area contributed by atoms with Crippen molar-refractivity contribution in [2.24, 2.45) is 0 Å². The highest BCUT2D eigenvalue weighted by Crippen LogP contribution is 2.40. The van der Waals surface area contributed by atoms with Crippen LogP contribution in [-0.4, -0.2) is 77.4 Å². The molecule has 2 aromatic rings. The summed E-state index contributed by atoms with van der Waals surface area (Å²) in [6.45, 7) is 2.60. The van der Waals surface area contributed by atoms with E-state index in [1.165, 1.54) is 47.4 Å². The zero-order valence-corrected chi connectivity index (χ0v) is 22.6. The molecule has 0 spiro atoms. The number of rotatable bonds is 6. The molecule has 10 nitrogen and oxygen atoms in total. The fraction of sp³-hybridized carbons (Fsp3) is 0.375. The summed E-state index contributed by atoms with van der Waals surface area (Å²) in [4.78, 5) is 38.7. The van der Waals surface area contributed by atoms with E-state index >= 15 is 0 Å². The standard InChI is InChI=1S/C24H25Cl2FN4O6S/c1-13(2)30-12-24(38(36,37)20-8-5-15(25)10-17(20)26)28-11-18(29-23(34)35)21(32)31(24)19(22(30)33)9-14-3-6-16(27)7-4-14/h3-8,10,13,18-19,28-29H,9,11-12H2,1-2H3,(H,34,35). The smallest absolute Gasteiger partial charge is 0.405 e. The summed E-state index contributed by atoms with van der Waals surface area (Å²) < 4.78 is 42.3. The van der Waals surface area contributed by atoms with Crippen molar-refractivity contribution in [2.75, 3.05) is 13.1 Å². The molecule has 0 bridgehead atoms. The van der Waals surface area contributed by atoms with Crippen LogP contribution >= 0.6 is 23.2 Å². The van der Waals surface area contributed by atoms with Crippen LogP contribution in [0.3, 0.4) is 0 Å². The number of sulfone groups is 1. The Balaban J connectivity index is 1.93. The molecule has 3 atom stereocenters. The van der Waals surface area contributed by atoms with Gasteiger partial charge in [-0.3, -0.25) is 19.8 Å². The number of benzene rings is 2. The average molecular weight is 587 g/mol. The maximum Gasteiger partial charge on any atom is 0.405 e. The van der Waals surface area contributed by atoms with Crippen molar-refractivity contribution >= 4 is 50.9 Å². The van der Waals surface area contributed by atoms with Gasteiger partial charge in [-0.05, 0) is 49.7 Å². The van der Waals surface area contributed by atoms with Crippen LogP contribution in [0.25, 0.3) is 0 Å². The summed E-state index contributed by atoms with van der Waals surface area (Å²) >= 11 is 12.3. The largest absolute Gasteiger partial charge is 0.465 e. The van der Waals surface area contributed by atoms with E-state index < -0.39 is 63.2 Å². The first kappa shape index (κ1) is 28.1. The van der Waals surface area contributed by atoms with Gasteiger partial charge in [0.15, 0.2) is 0 Å². The molecule has 0 radical (unpaired) electrons. The first-order chi connectivity index (χ1) is 17.8. The third kappa shape index (κ3) is 4.81. The number of nitrogens with zero attached hydrogens (tertiary/aromatic N) is 2. The number of carbonyl (C=O) groups excluding carboxylic acids is 2. The molecule has 3 unspecified atom stereocenters. The lowest BCUT2D eigenvalue weighted by Gasteiger charge is -2.57. The molecular weight excluding hydrogens is 562 g/mol. The fourth-order valence-electron chi connectivity index (χ4n) is 4.83. The monoisotopic (exact) mass is 586 g/mol. The number of carbonyl (C=O) groups is 3. The average Bonchev–Trinajstić information content (AvgIpc) is 2.83. The number of fused-ring (bicyclic) bond motifs is 1. The van der Waals surface area contributed by atoms with E-state index in [-0.39, 0.29) is 27.9 Å². The van der Waals surface area contributed by atoms with Gasteiger partial charge in [0.2, 0.25) is 26.6 Å². The summed E-state index contributed by atoms with van der Waals surface area (Å²) in [5, 5.41) is 14.2. The van der Waals surface area contributed by atoms with Gasteiger partial charge >= 0.3 is 6.09 Å². The van der Waals surface area contributed by atoms with E-state index in [1.807, 2.05) is 0 Å². The lowest BCUT2D eigenvalue weighted by molar-refractivity contribution is -0.166. The Kier molecular flexibility index (Phi) is 7.63. The molecule has 2 aliphatic rings. The second-order valence-electron chi connectivity index (χ2n) is 9.36. The topological polar surface area (TPSA) is 136 Å². The number of amides is 3. The SMILES string of the molecule is CC(C)N1CC2(S(=O)(=O)c3ccc(Cl)cc3Cl)NCC(NC(=O)O)C(=O)N2C(Cc2ccc(F)cc2)C1=O. The molecule has 3 amide bonds. The third-order valence-corrected chi connectivity index (χ3v) is 9.62. The maximum atomic E-state index is 14.4. The van der Waals surface area contributed by atoms with Gasteiger partial charge in [0.05, 0.1) is 16.5 Å². The van der Waals surface area contributed by atoms with Gasteiger partial charge in [-0.25, -0.2) is 17.6 Å². The minimum Gasteiger partial charge on any atom is -0.465 e. The molecule has 0 aliphatic carbocycles. The number of hydrogen-bond acceptors (Lipinski definition) is 6. The summed E-state index contributed by atoms with van der Waals surface area (Å²) in [6.07, 6.45) is -1.65. The molecule has 2 saturated heterocycles. The molecule has 4 rings (SSSR count). The van der Waals surface area contributed by atoms with Crippen molar-refractivity contribution in [2.45, 2.75) is 48.3 Å². The van der Waals surface area contributed by atoms with Crippen molar-refractivity contribution < 1.29 is 32.3 Å². The van der Waals surface area contributed by atoms with Crippen LogP contribution < -0.4 is 10.6 Å². The second-order valence-corrected chi connectivity index (χ2v) is 12.3. The van der Waals surface area contributed by atoms with E-state index in [0.29, 0.717) is 5.56 Å².